The van der Waals surface area contributed by atoms with Crippen molar-refractivity contribution in [3.8, 4) is 0 Å². The van der Waals surface area contributed by atoms with Crippen LogP contribution in [0.3, 0.4) is 0 Å². The molecule has 0 aliphatic rings. The molecule has 6 N–H and O–H groups in total. The van der Waals surface area contributed by atoms with E-state index in [-0.39, 0.29) is 39.8 Å². The summed E-state index contributed by atoms with van der Waals surface area (Å²) in [5.74, 6) is -4.82. The fraction of sp³-hybridized carbons (Fsp3) is 0.200. The van der Waals surface area contributed by atoms with Crippen LogP contribution >= 0.6 is 0 Å². The van der Waals surface area contributed by atoms with E-state index in [4.69, 9.17) is 0 Å². The molecule has 0 amide bonds. The molecule has 1 rings (SSSR count). The van der Waals surface area contributed by atoms with Gasteiger partial charge in [0.1, 0.15) is 0 Å². The van der Waals surface area contributed by atoms with Gasteiger partial charge in [0, 0.05) is 5.92 Å². The third kappa shape index (κ3) is 6.84. The SMILES string of the molecule is N.N.O=C([O-])C(Cc1ccccc1)C(=O)[O-].[Pt+2]. The van der Waals surface area contributed by atoms with Crippen molar-refractivity contribution in [2.24, 2.45) is 5.92 Å². The molecule has 0 aliphatic heterocycles. The quantitative estimate of drug-likeness (QED) is 0.575. The van der Waals surface area contributed by atoms with Crippen molar-refractivity contribution in [3.05, 3.63) is 35.9 Å². The third-order valence-electron chi connectivity index (χ3n) is 1.85. The normalized spacial score (nSPS) is 8.29. The fourth-order valence-corrected chi connectivity index (χ4v) is 1.11. The van der Waals surface area contributed by atoms with Gasteiger partial charge in [0.25, 0.3) is 0 Å². The minimum atomic E-state index is -1.62. The molecule has 0 saturated heterocycles. The average Bonchev–Trinajstić information content (AvgIpc) is 2.15. The summed E-state index contributed by atoms with van der Waals surface area (Å²) in [6.45, 7) is 0. The zero-order valence-electron chi connectivity index (χ0n) is 9.03. The van der Waals surface area contributed by atoms with Gasteiger partial charge in [-0.1, -0.05) is 30.3 Å². The molecule has 0 bridgehead atoms. The Kier molecular flexibility index (Phi) is 12.4. The van der Waals surface area contributed by atoms with Crippen LogP contribution < -0.4 is 22.5 Å². The molecule has 0 aromatic heterocycles. The summed E-state index contributed by atoms with van der Waals surface area (Å²) < 4.78 is 0. The van der Waals surface area contributed by atoms with Gasteiger partial charge in [-0.2, -0.15) is 0 Å². The van der Waals surface area contributed by atoms with E-state index >= 15 is 0 Å². The molecule has 0 atom stereocenters. The first-order valence-corrected chi connectivity index (χ1v) is 4.07. The van der Waals surface area contributed by atoms with E-state index in [1.54, 1.807) is 30.3 Å². The first-order valence-electron chi connectivity index (χ1n) is 4.07. The molecule has 1 aromatic carbocycles. The van der Waals surface area contributed by atoms with Crippen molar-refractivity contribution < 1.29 is 40.9 Å². The standard InChI is InChI=1S/C10H10O4.2H3N.Pt/c11-9(12)8(10(13)14)6-7-4-2-1-3-5-7;;;/h1-5,8H,6H2,(H,11,12)(H,13,14);2*1H3;/q;;;+2/p-2. The molecule has 1 aromatic rings. The van der Waals surface area contributed by atoms with Crippen molar-refractivity contribution in [2.75, 3.05) is 0 Å². The zero-order chi connectivity index (χ0) is 10.6. The van der Waals surface area contributed by atoms with E-state index in [9.17, 15) is 19.8 Å². The van der Waals surface area contributed by atoms with Crippen molar-refractivity contribution in [3.63, 3.8) is 0 Å². The molecule has 0 heterocycles. The summed E-state index contributed by atoms with van der Waals surface area (Å²) in [6, 6.07) is 8.47. The predicted molar refractivity (Wildman–Crippen MR) is 53.7 cm³/mol. The second-order valence-electron chi connectivity index (χ2n) is 2.88. The zero-order valence-corrected chi connectivity index (χ0v) is 11.3. The molecule has 0 saturated carbocycles. The van der Waals surface area contributed by atoms with Crippen LogP contribution in [-0.2, 0) is 37.1 Å². The first kappa shape index (κ1) is 21.1. The maximum absolute atomic E-state index is 10.4. The minimum absolute atomic E-state index is 0. The number of benzene rings is 1. The Morgan fingerprint density at radius 2 is 1.41 bits per heavy atom. The van der Waals surface area contributed by atoms with E-state index in [0.29, 0.717) is 5.56 Å². The predicted octanol–water partition coefficient (Wildman–Crippen LogP) is -1.33. The number of carboxylic acids is 2. The molecule has 7 heteroatoms. The Labute approximate surface area is 113 Å². The smallest absolute Gasteiger partial charge is 0.549 e. The van der Waals surface area contributed by atoms with Crippen molar-refractivity contribution in [2.45, 2.75) is 6.42 Å². The van der Waals surface area contributed by atoms with E-state index in [2.05, 4.69) is 0 Å². The number of hydrogen-bond donors (Lipinski definition) is 2. The van der Waals surface area contributed by atoms with Crippen molar-refractivity contribution in [1.29, 1.82) is 0 Å². The maximum Gasteiger partial charge on any atom is 2.00 e. The van der Waals surface area contributed by atoms with E-state index in [1.807, 2.05) is 0 Å². The van der Waals surface area contributed by atoms with Gasteiger partial charge in [-0.3, -0.25) is 0 Å². The van der Waals surface area contributed by atoms with Crippen LogP contribution in [0.15, 0.2) is 30.3 Å². The Balaban J connectivity index is -0.000000653. The van der Waals surface area contributed by atoms with Gasteiger partial charge < -0.3 is 32.1 Å². The van der Waals surface area contributed by atoms with Gasteiger partial charge in [-0.25, -0.2) is 0 Å². The van der Waals surface area contributed by atoms with Crippen LogP contribution in [0, 0.1) is 5.92 Å². The average molecular weight is 421 g/mol. The summed E-state index contributed by atoms with van der Waals surface area (Å²) in [5, 5.41) is 20.8. The van der Waals surface area contributed by atoms with Crippen LogP contribution in [0.5, 0.6) is 0 Å². The van der Waals surface area contributed by atoms with E-state index in [0.717, 1.165) is 0 Å². The molecule has 0 fully saturated rings. The number of hydrogen-bond acceptors (Lipinski definition) is 6. The number of rotatable bonds is 4. The molecule has 0 radical (unpaired) electrons. The summed E-state index contributed by atoms with van der Waals surface area (Å²) in [6.07, 6.45) is -0.106. The Bertz CT molecular complexity index is 331. The van der Waals surface area contributed by atoms with Crippen molar-refractivity contribution >= 4 is 11.9 Å². The van der Waals surface area contributed by atoms with Crippen LogP contribution in [-0.4, -0.2) is 11.9 Å². The van der Waals surface area contributed by atoms with E-state index in [1.165, 1.54) is 0 Å². The molecular formula is C10H14N2O4Pt. The summed E-state index contributed by atoms with van der Waals surface area (Å²) in [7, 11) is 0. The number of carbonyl (C=O) groups excluding carboxylic acids is 2. The second kappa shape index (κ2) is 9.96. The molecule has 6 nitrogen and oxygen atoms in total. The largest absolute Gasteiger partial charge is 2.00 e. The summed E-state index contributed by atoms with van der Waals surface area (Å²) >= 11 is 0. The number of carboxylic acid groups (broad SMARTS) is 2. The second-order valence-corrected chi connectivity index (χ2v) is 2.88. The van der Waals surface area contributed by atoms with Crippen LogP contribution in [0.4, 0.5) is 0 Å². The van der Waals surface area contributed by atoms with Gasteiger partial charge in [-0.15, -0.1) is 0 Å². The van der Waals surface area contributed by atoms with Gasteiger partial charge >= 0.3 is 21.1 Å². The topological polar surface area (TPSA) is 150 Å². The van der Waals surface area contributed by atoms with Gasteiger partial charge in [0.15, 0.2) is 0 Å². The fourth-order valence-electron chi connectivity index (χ4n) is 1.11. The molecular weight excluding hydrogens is 407 g/mol. The first-order chi connectivity index (χ1) is 6.61. The van der Waals surface area contributed by atoms with Crippen LogP contribution in [0.25, 0.3) is 0 Å². The Hall–Kier alpha value is -1.23. The molecule has 98 valence electrons. The molecule has 0 aliphatic carbocycles. The van der Waals surface area contributed by atoms with Crippen LogP contribution in [0.2, 0.25) is 0 Å². The maximum atomic E-state index is 10.4. The monoisotopic (exact) mass is 421 g/mol. The molecule has 0 unspecified atom stereocenters. The minimum Gasteiger partial charge on any atom is -0.549 e. The summed E-state index contributed by atoms with van der Waals surface area (Å²) in [5.41, 5.74) is 0.630. The van der Waals surface area contributed by atoms with Gasteiger partial charge in [0.2, 0.25) is 0 Å². The number of aliphatic carboxylic acids is 2. The third-order valence-corrected chi connectivity index (χ3v) is 1.85. The van der Waals surface area contributed by atoms with Gasteiger partial charge in [0.05, 0.1) is 11.9 Å². The van der Waals surface area contributed by atoms with Gasteiger partial charge in [-0.05, 0) is 12.0 Å². The Morgan fingerprint density at radius 1 is 1.00 bits per heavy atom. The Morgan fingerprint density at radius 3 is 1.76 bits per heavy atom. The van der Waals surface area contributed by atoms with Crippen molar-refractivity contribution in [1.82, 2.24) is 12.3 Å². The van der Waals surface area contributed by atoms with Crippen LogP contribution in [0.1, 0.15) is 5.56 Å². The number of carbonyl (C=O) groups is 2. The summed E-state index contributed by atoms with van der Waals surface area (Å²) in [4.78, 5) is 20.8. The molecule has 0 spiro atoms. The van der Waals surface area contributed by atoms with E-state index < -0.39 is 17.9 Å². The molecule has 17 heavy (non-hydrogen) atoms.